The Labute approximate surface area is 189 Å². The maximum atomic E-state index is 13.8. The Kier molecular flexibility index (Phi) is 6.53. The van der Waals surface area contributed by atoms with Gasteiger partial charge < -0.3 is 14.8 Å². The summed E-state index contributed by atoms with van der Waals surface area (Å²) in [7, 11) is 2.06. The number of nitro groups is 1. The number of likely N-dealkylation sites (N-methyl/N-ethyl adjacent to an activating group) is 1. The number of para-hydroxylation sites is 1. The van der Waals surface area contributed by atoms with Crippen LogP contribution in [0.5, 0.6) is 0 Å². The van der Waals surface area contributed by atoms with Crippen LogP contribution in [0.4, 0.5) is 18.9 Å². The first-order chi connectivity index (χ1) is 15.7. The number of hydrogen-bond acceptors (Lipinski definition) is 4. The van der Waals surface area contributed by atoms with Crippen molar-refractivity contribution in [3.63, 3.8) is 0 Å². The summed E-state index contributed by atoms with van der Waals surface area (Å²) in [6.45, 7) is 4.37. The van der Waals surface area contributed by atoms with Crippen LogP contribution in [0.1, 0.15) is 11.1 Å². The summed E-state index contributed by atoms with van der Waals surface area (Å²) in [6, 6.07) is 13.4. The number of nitro benzene ring substituents is 1. The Hall–Kier alpha value is -3.17. The molecule has 0 saturated carbocycles. The molecule has 33 heavy (non-hydrogen) atoms. The number of H-pyrrole nitrogens is 1. The molecule has 0 radical (unpaired) electrons. The number of alkyl halides is 3. The summed E-state index contributed by atoms with van der Waals surface area (Å²) in [5, 5.41) is 11.5. The second kappa shape index (κ2) is 9.36. The zero-order valence-electron chi connectivity index (χ0n) is 18.2. The molecular formula is C24H25F3N4O2. The molecule has 1 N–H and O–H groups in total. The molecule has 0 amide bonds. The van der Waals surface area contributed by atoms with Gasteiger partial charge in [-0.1, -0.05) is 30.3 Å². The molecule has 1 saturated heterocycles. The minimum atomic E-state index is -4.52. The molecule has 2 aromatic carbocycles. The van der Waals surface area contributed by atoms with E-state index < -0.39 is 16.7 Å². The van der Waals surface area contributed by atoms with Crippen LogP contribution >= 0.6 is 0 Å². The van der Waals surface area contributed by atoms with Gasteiger partial charge in [0.15, 0.2) is 0 Å². The van der Waals surface area contributed by atoms with E-state index in [1.54, 1.807) is 30.3 Å². The lowest BCUT2D eigenvalue weighted by atomic mass is 9.99. The van der Waals surface area contributed by atoms with Crippen LogP contribution in [-0.4, -0.2) is 59.5 Å². The molecule has 0 spiro atoms. The molecule has 1 fully saturated rings. The molecule has 2 heterocycles. The maximum absolute atomic E-state index is 13.8. The van der Waals surface area contributed by atoms with Crippen molar-refractivity contribution in [1.29, 1.82) is 0 Å². The molecule has 1 aromatic heterocycles. The summed E-state index contributed by atoms with van der Waals surface area (Å²) in [6.07, 6.45) is -3.99. The van der Waals surface area contributed by atoms with Gasteiger partial charge in [0.25, 0.3) is 5.69 Å². The van der Waals surface area contributed by atoms with Gasteiger partial charge in [0.1, 0.15) is 0 Å². The highest BCUT2D eigenvalue weighted by Gasteiger charge is 2.34. The monoisotopic (exact) mass is 458 g/mol. The van der Waals surface area contributed by atoms with Crippen LogP contribution in [0.15, 0.2) is 54.6 Å². The van der Waals surface area contributed by atoms with Crippen molar-refractivity contribution in [2.45, 2.75) is 12.6 Å². The van der Waals surface area contributed by atoms with E-state index in [0.29, 0.717) is 35.5 Å². The minimum absolute atomic E-state index is 0.0446. The number of nitrogens with one attached hydrogen (secondary N) is 1. The van der Waals surface area contributed by atoms with Gasteiger partial charge in [-0.2, -0.15) is 13.2 Å². The van der Waals surface area contributed by atoms with Crippen LogP contribution in [-0.2, 0) is 12.6 Å². The van der Waals surface area contributed by atoms with Gasteiger partial charge in [-0.3, -0.25) is 10.1 Å². The molecule has 4 rings (SSSR count). The molecular weight excluding hydrogens is 433 g/mol. The lowest BCUT2D eigenvalue weighted by molar-refractivity contribution is -0.384. The van der Waals surface area contributed by atoms with Crippen molar-refractivity contribution < 1.29 is 18.1 Å². The van der Waals surface area contributed by atoms with Crippen molar-refractivity contribution in [1.82, 2.24) is 14.8 Å². The van der Waals surface area contributed by atoms with Gasteiger partial charge in [0.05, 0.1) is 21.7 Å². The van der Waals surface area contributed by atoms with E-state index in [1.807, 2.05) is 0 Å². The largest absolute Gasteiger partial charge is 0.417 e. The lowest BCUT2D eigenvalue weighted by Gasteiger charge is -2.32. The molecule has 0 aliphatic carbocycles. The van der Waals surface area contributed by atoms with Gasteiger partial charge in [-0.25, -0.2) is 0 Å². The molecule has 1 aliphatic heterocycles. The van der Waals surface area contributed by atoms with Gasteiger partial charge in [0, 0.05) is 50.0 Å². The number of aromatic nitrogens is 1. The fourth-order valence-corrected chi connectivity index (χ4v) is 4.24. The van der Waals surface area contributed by atoms with E-state index >= 15 is 0 Å². The number of halogens is 3. The summed E-state index contributed by atoms with van der Waals surface area (Å²) < 4.78 is 41.3. The first kappa shape index (κ1) is 23.0. The Bertz CT molecular complexity index is 1130. The first-order valence-corrected chi connectivity index (χ1v) is 10.8. The molecule has 9 heteroatoms. The Morgan fingerprint density at radius 3 is 2.30 bits per heavy atom. The smallest absolute Gasteiger partial charge is 0.354 e. The standard InChI is InChI=1S/C24H25F3N4O2/c1-29-12-14-30(15-13-29)11-10-17-16-21(19-7-3-5-9-22(19)31(32)33)28-23(17)18-6-2-4-8-20(18)24(25,26)27/h2-9,16,28H,10-15H2,1H3. The topological polar surface area (TPSA) is 65.4 Å². The molecule has 0 atom stereocenters. The third-order valence-electron chi connectivity index (χ3n) is 6.09. The van der Waals surface area contributed by atoms with Crippen molar-refractivity contribution in [2.75, 3.05) is 39.8 Å². The van der Waals surface area contributed by atoms with Gasteiger partial charge in [-0.05, 0) is 37.2 Å². The zero-order chi connectivity index (χ0) is 23.6. The summed E-state index contributed by atoms with van der Waals surface area (Å²) in [5.41, 5.74) is 1.05. The zero-order valence-corrected chi connectivity index (χ0v) is 18.2. The fourth-order valence-electron chi connectivity index (χ4n) is 4.24. The number of nitrogens with zero attached hydrogens (tertiary/aromatic N) is 3. The summed E-state index contributed by atoms with van der Waals surface area (Å²) in [4.78, 5) is 18.7. The van der Waals surface area contributed by atoms with Crippen LogP contribution < -0.4 is 0 Å². The molecule has 3 aromatic rings. The van der Waals surface area contributed by atoms with Gasteiger partial charge >= 0.3 is 6.18 Å². The lowest BCUT2D eigenvalue weighted by Crippen LogP contribution is -2.45. The third kappa shape index (κ3) is 5.09. The molecule has 0 unspecified atom stereocenters. The van der Waals surface area contributed by atoms with Crippen LogP contribution in [0.2, 0.25) is 0 Å². The normalized spacial score (nSPS) is 15.6. The quantitative estimate of drug-likeness (QED) is 0.414. The summed E-state index contributed by atoms with van der Waals surface area (Å²) >= 11 is 0. The van der Waals surface area contributed by atoms with Crippen LogP contribution in [0.3, 0.4) is 0 Å². The first-order valence-electron chi connectivity index (χ1n) is 10.8. The number of rotatable bonds is 6. The van der Waals surface area contributed by atoms with Gasteiger partial charge in [-0.15, -0.1) is 0 Å². The molecule has 0 bridgehead atoms. The van der Waals surface area contributed by atoms with E-state index in [2.05, 4.69) is 21.8 Å². The minimum Gasteiger partial charge on any atom is -0.354 e. The number of hydrogen-bond donors (Lipinski definition) is 1. The second-order valence-corrected chi connectivity index (χ2v) is 8.30. The highest BCUT2D eigenvalue weighted by atomic mass is 19.4. The van der Waals surface area contributed by atoms with E-state index in [1.165, 1.54) is 18.2 Å². The van der Waals surface area contributed by atoms with E-state index in [-0.39, 0.29) is 11.3 Å². The van der Waals surface area contributed by atoms with E-state index in [4.69, 9.17) is 0 Å². The molecule has 6 nitrogen and oxygen atoms in total. The average Bonchev–Trinajstić information content (AvgIpc) is 3.22. The van der Waals surface area contributed by atoms with Crippen molar-refractivity contribution >= 4 is 5.69 Å². The SMILES string of the molecule is CN1CCN(CCc2cc(-c3ccccc3[N+](=O)[O-])[nH]c2-c2ccccc2C(F)(F)F)CC1. The number of piperazine rings is 1. The molecule has 174 valence electrons. The maximum Gasteiger partial charge on any atom is 0.417 e. The van der Waals surface area contributed by atoms with Crippen molar-refractivity contribution in [2.24, 2.45) is 0 Å². The number of aromatic amines is 1. The fraction of sp³-hybridized carbons (Fsp3) is 0.333. The Balaban J connectivity index is 1.76. The predicted octanol–water partition coefficient (Wildman–Crippen LogP) is 5.07. The second-order valence-electron chi connectivity index (χ2n) is 8.30. The van der Waals surface area contributed by atoms with Crippen molar-refractivity contribution in [3.05, 3.63) is 75.8 Å². The van der Waals surface area contributed by atoms with E-state index in [0.717, 1.165) is 32.2 Å². The van der Waals surface area contributed by atoms with E-state index in [9.17, 15) is 23.3 Å². The summed E-state index contributed by atoms with van der Waals surface area (Å²) in [5.74, 6) is 0. The van der Waals surface area contributed by atoms with Gasteiger partial charge in [0.2, 0.25) is 0 Å². The Morgan fingerprint density at radius 1 is 1.00 bits per heavy atom. The average molecular weight is 458 g/mol. The van der Waals surface area contributed by atoms with Crippen LogP contribution in [0, 0.1) is 10.1 Å². The van der Waals surface area contributed by atoms with Crippen LogP contribution in [0.25, 0.3) is 22.5 Å². The number of benzene rings is 2. The van der Waals surface area contributed by atoms with Crippen molar-refractivity contribution in [3.8, 4) is 22.5 Å². The predicted molar refractivity (Wildman–Crippen MR) is 121 cm³/mol. The Morgan fingerprint density at radius 2 is 1.64 bits per heavy atom. The molecule has 1 aliphatic rings. The highest BCUT2D eigenvalue weighted by molar-refractivity contribution is 5.78. The highest BCUT2D eigenvalue weighted by Crippen LogP contribution is 2.40. The third-order valence-corrected chi connectivity index (χ3v) is 6.09.